The van der Waals surface area contributed by atoms with Crippen molar-refractivity contribution in [3.63, 3.8) is 0 Å². The Morgan fingerprint density at radius 1 is 0.578 bits per heavy atom. The normalized spacial score (nSPS) is 10.8. The zero-order valence-electron chi connectivity index (χ0n) is 28.3. The lowest BCUT2D eigenvalue weighted by Gasteiger charge is -2.25. The summed E-state index contributed by atoms with van der Waals surface area (Å²) < 4.78 is 37.5. The standard InChI is InChI=1S/C36H54O9/c1-7-13-18-41-28-23-26(25-37)30(34(44-21-16-10-4)32(28)42-19-14-8-2)31-27(36(38)39)24-29(40-12-6)33(43-20-15-9-3)35(31)45-22-17-11-5/h23-25H,7-22H2,1-6H3,(H,38,39). The first-order chi connectivity index (χ1) is 21.9. The van der Waals surface area contributed by atoms with Gasteiger partial charge in [0.15, 0.2) is 29.3 Å². The van der Waals surface area contributed by atoms with Crippen molar-refractivity contribution in [2.24, 2.45) is 0 Å². The predicted octanol–water partition coefficient (Wildman–Crippen LogP) is 9.16. The number of carbonyl (C=O) groups is 2. The number of ether oxygens (including phenoxy) is 6. The first kappa shape index (κ1) is 37.6. The molecule has 0 aromatic heterocycles. The molecule has 2 rings (SSSR count). The van der Waals surface area contributed by atoms with Crippen LogP contribution in [-0.4, -0.2) is 57.0 Å². The molecule has 252 valence electrons. The molecular formula is C36H54O9. The van der Waals surface area contributed by atoms with Crippen molar-refractivity contribution in [3.05, 3.63) is 23.3 Å². The maximum absolute atomic E-state index is 13.0. The molecule has 9 heteroatoms. The topological polar surface area (TPSA) is 110 Å². The van der Waals surface area contributed by atoms with Crippen LogP contribution in [-0.2, 0) is 0 Å². The number of benzene rings is 2. The molecule has 2 aromatic rings. The Labute approximate surface area is 269 Å². The van der Waals surface area contributed by atoms with E-state index in [1.165, 1.54) is 6.07 Å². The second-order valence-electron chi connectivity index (χ2n) is 10.8. The summed E-state index contributed by atoms with van der Waals surface area (Å²) in [5.74, 6) is 0.532. The molecule has 0 bridgehead atoms. The summed E-state index contributed by atoms with van der Waals surface area (Å²) in [5, 5.41) is 10.6. The second-order valence-corrected chi connectivity index (χ2v) is 10.8. The molecule has 45 heavy (non-hydrogen) atoms. The van der Waals surface area contributed by atoms with Gasteiger partial charge in [0.2, 0.25) is 11.5 Å². The van der Waals surface area contributed by atoms with Crippen LogP contribution in [0.3, 0.4) is 0 Å². The van der Waals surface area contributed by atoms with Crippen molar-refractivity contribution >= 4 is 12.3 Å². The van der Waals surface area contributed by atoms with Crippen LogP contribution in [0.4, 0.5) is 0 Å². The SMILES string of the molecule is CCCCOc1cc(C=O)c(-c2c(C(=O)O)cc(OCC)c(OCCCC)c2OCCCC)c(OCCCC)c1OCCCC. The van der Waals surface area contributed by atoms with E-state index in [-0.39, 0.29) is 39.5 Å². The van der Waals surface area contributed by atoms with Crippen LogP contribution in [0, 0.1) is 0 Å². The first-order valence-corrected chi connectivity index (χ1v) is 16.8. The van der Waals surface area contributed by atoms with Crippen molar-refractivity contribution in [2.45, 2.75) is 106 Å². The predicted molar refractivity (Wildman–Crippen MR) is 177 cm³/mol. The number of aldehydes is 1. The number of unbranched alkanes of at least 4 members (excludes halogenated alkanes) is 5. The average molecular weight is 631 g/mol. The highest BCUT2D eigenvalue weighted by molar-refractivity contribution is 6.05. The van der Waals surface area contributed by atoms with Crippen LogP contribution in [0.2, 0.25) is 0 Å². The average Bonchev–Trinajstić information content (AvgIpc) is 3.03. The lowest BCUT2D eigenvalue weighted by molar-refractivity contribution is 0.0696. The number of carboxylic acids is 1. The summed E-state index contributed by atoms with van der Waals surface area (Å²) in [4.78, 5) is 25.8. The van der Waals surface area contributed by atoms with Crippen molar-refractivity contribution < 1.29 is 43.1 Å². The lowest BCUT2D eigenvalue weighted by Crippen LogP contribution is -2.13. The maximum Gasteiger partial charge on any atom is 0.336 e. The molecule has 0 aliphatic rings. The maximum atomic E-state index is 13.0. The van der Waals surface area contributed by atoms with E-state index in [9.17, 15) is 14.7 Å². The molecular weight excluding hydrogens is 576 g/mol. The van der Waals surface area contributed by atoms with Gasteiger partial charge in [0.25, 0.3) is 0 Å². The molecule has 0 heterocycles. The highest BCUT2D eigenvalue weighted by atomic mass is 16.5. The number of hydrogen-bond donors (Lipinski definition) is 1. The first-order valence-electron chi connectivity index (χ1n) is 16.8. The lowest BCUT2D eigenvalue weighted by atomic mass is 9.92. The van der Waals surface area contributed by atoms with Gasteiger partial charge in [-0.15, -0.1) is 0 Å². The zero-order chi connectivity index (χ0) is 33.0. The molecule has 0 aliphatic heterocycles. The van der Waals surface area contributed by atoms with E-state index in [2.05, 4.69) is 27.7 Å². The fourth-order valence-electron chi connectivity index (χ4n) is 4.54. The van der Waals surface area contributed by atoms with Crippen LogP contribution in [0.1, 0.15) is 126 Å². The number of carbonyl (C=O) groups excluding carboxylic acids is 1. The summed E-state index contributed by atoms with van der Waals surface area (Å²) in [7, 11) is 0. The third-order valence-corrected chi connectivity index (χ3v) is 7.07. The van der Waals surface area contributed by atoms with E-state index >= 15 is 0 Å². The Balaban J connectivity index is 3.11. The van der Waals surface area contributed by atoms with Gasteiger partial charge >= 0.3 is 5.97 Å². The van der Waals surface area contributed by atoms with Gasteiger partial charge in [0, 0.05) is 16.7 Å². The van der Waals surface area contributed by atoms with Crippen LogP contribution < -0.4 is 28.4 Å². The van der Waals surface area contributed by atoms with Gasteiger partial charge in [0.05, 0.1) is 45.2 Å². The molecule has 0 atom stereocenters. The highest BCUT2D eigenvalue weighted by Gasteiger charge is 2.33. The molecule has 0 saturated heterocycles. The van der Waals surface area contributed by atoms with Crippen molar-refractivity contribution in [3.8, 4) is 45.6 Å². The fourth-order valence-corrected chi connectivity index (χ4v) is 4.54. The second kappa shape index (κ2) is 21.2. The Bertz CT molecular complexity index is 1190. The Kier molecular flexibility index (Phi) is 17.7. The van der Waals surface area contributed by atoms with E-state index in [0.29, 0.717) is 63.2 Å². The molecule has 2 aromatic carbocycles. The third kappa shape index (κ3) is 10.8. The monoisotopic (exact) mass is 630 g/mol. The zero-order valence-corrected chi connectivity index (χ0v) is 28.3. The van der Waals surface area contributed by atoms with Gasteiger partial charge in [-0.25, -0.2) is 4.79 Å². The van der Waals surface area contributed by atoms with E-state index < -0.39 is 5.97 Å². The Hall–Kier alpha value is -3.62. The molecule has 0 unspecified atom stereocenters. The molecule has 1 N–H and O–H groups in total. The van der Waals surface area contributed by atoms with Crippen LogP contribution >= 0.6 is 0 Å². The van der Waals surface area contributed by atoms with E-state index in [4.69, 9.17) is 28.4 Å². The smallest absolute Gasteiger partial charge is 0.336 e. The van der Waals surface area contributed by atoms with Crippen molar-refractivity contribution in [1.82, 2.24) is 0 Å². The highest BCUT2D eigenvalue weighted by Crippen LogP contribution is 2.54. The molecule has 0 fully saturated rings. The number of hydrogen-bond acceptors (Lipinski definition) is 8. The molecule has 0 aliphatic carbocycles. The summed E-state index contributed by atoms with van der Waals surface area (Å²) in [6.07, 6.45) is 9.02. The van der Waals surface area contributed by atoms with Gasteiger partial charge in [-0.3, -0.25) is 4.79 Å². The van der Waals surface area contributed by atoms with E-state index in [0.717, 1.165) is 64.2 Å². The van der Waals surface area contributed by atoms with Crippen LogP contribution in [0.5, 0.6) is 34.5 Å². The molecule has 0 saturated carbocycles. The van der Waals surface area contributed by atoms with Gasteiger partial charge in [0.1, 0.15) is 0 Å². The molecule has 9 nitrogen and oxygen atoms in total. The molecule has 0 spiro atoms. The minimum Gasteiger partial charge on any atom is -0.490 e. The minimum atomic E-state index is -1.21. The van der Waals surface area contributed by atoms with Gasteiger partial charge < -0.3 is 33.5 Å². The van der Waals surface area contributed by atoms with E-state index in [1.54, 1.807) is 6.07 Å². The largest absolute Gasteiger partial charge is 0.490 e. The third-order valence-electron chi connectivity index (χ3n) is 7.07. The number of rotatable bonds is 25. The molecule has 0 amide bonds. The molecule has 0 radical (unpaired) electrons. The van der Waals surface area contributed by atoms with Crippen LogP contribution in [0.25, 0.3) is 11.1 Å². The summed E-state index contributed by atoms with van der Waals surface area (Å²) in [6, 6.07) is 3.06. The minimum absolute atomic E-state index is 0.101. The van der Waals surface area contributed by atoms with E-state index in [1.807, 2.05) is 13.8 Å². The summed E-state index contributed by atoms with van der Waals surface area (Å²) in [6.45, 7) is 14.3. The number of aromatic carboxylic acids is 1. The van der Waals surface area contributed by atoms with Gasteiger partial charge in [-0.05, 0) is 51.2 Å². The van der Waals surface area contributed by atoms with Crippen molar-refractivity contribution in [2.75, 3.05) is 39.6 Å². The van der Waals surface area contributed by atoms with Crippen LogP contribution in [0.15, 0.2) is 12.1 Å². The van der Waals surface area contributed by atoms with Crippen molar-refractivity contribution in [1.29, 1.82) is 0 Å². The fraction of sp³-hybridized carbons (Fsp3) is 0.611. The quantitative estimate of drug-likeness (QED) is 0.0848. The number of carboxylic acid groups (broad SMARTS) is 1. The van der Waals surface area contributed by atoms with Gasteiger partial charge in [-0.2, -0.15) is 0 Å². The summed E-state index contributed by atoms with van der Waals surface area (Å²) >= 11 is 0. The summed E-state index contributed by atoms with van der Waals surface area (Å²) in [5.41, 5.74) is 0.545. The Morgan fingerprint density at radius 3 is 1.38 bits per heavy atom. The Morgan fingerprint density at radius 2 is 0.978 bits per heavy atom. The van der Waals surface area contributed by atoms with Gasteiger partial charge in [-0.1, -0.05) is 66.7 Å².